The van der Waals surface area contributed by atoms with Crippen LogP contribution in [0.5, 0.6) is 0 Å². The first-order chi connectivity index (χ1) is 8.24. The van der Waals surface area contributed by atoms with E-state index in [2.05, 4.69) is 17.1 Å². The van der Waals surface area contributed by atoms with Crippen molar-refractivity contribution in [2.75, 3.05) is 6.61 Å². The Kier molecular flexibility index (Phi) is 3.59. The van der Waals surface area contributed by atoms with Crippen molar-refractivity contribution in [2.45, 2.75) is 19.3 Å². The van der Waals surface area contributed by atoms with Crippen LogP contribution in [0.25, 0.3) is 0 Å². The van der Waals surface area contributed by atoms with Gasteiger partial charge in [0.05, 0.1) is 0 Å². The highest BCUT2D eigenvalue weighted by atomic mass is 16.6. The largest absolute Gasteiger partial charge is 0.488 e. The molecule has 1 heterocycles. The van der Waals surface area contributed by atoms with Crippen LogP contribution in [0.15, 0.2) is 40.8 Å². The van der Waals surface area contributed by atoms with Crippen LogP contribution in [0.1, 0.15) is 19.3 Å². The predicted octanol–water partition coefficient (Wildman–Crippen LogP) is 1.83. The molecule has 0 fully saturated rings. The summed E-state index contributed by atoms with van der Waals surface area (Å²) in [5.41, 5.74) is 6.47. The molecule has 1 aliphatic carbocycles. The lowest BCUT2D eigenvalue weighted by Gasteiger charge is -2.18. The minimum atomic E-state index is -0.273. The van der Waals surface area contributed by atoms with Gasteiger partial charge in [-0.2, -0.15) is 4.99 Å². The van der Waals surface area contributed by atoms with Gasteiger partial charge in [0.2, 0.25) is 11.9 Å². The van der Waals surface area contributed by atoms with E-state index in [0.717, 1.165) is 12.8 Å². The van der Waals surface area contributed by atoms with Gasteiger partial charge in [0.25, 0.3) is 0 Å². The summed E-state index contributed by atoms with van der Waals surface area (Å²) >= 11 is 0. The van der Waals surface area contributed by atoms with E-state index in [4.69, 9.17) is 20.6 Å². The van der Waals surface area contributed by atoms with Crippen LogP contribution >= 0.6 is 0 Å². The number of nitrogens with zero attached hydrogens (tertiary/aromatic N) is 1. The van der Waals surface area contributed by atoms with Gasteiger partial charge in [-0.1, -0.05) is 23.8 Å². The maximum Gasteiger partial charge on any atom is 0.235 e. The maximum absolute atomic E-state index is 7.06. The van der Waals surface area contributed by atoms with Crippen molar-refractivity contribution in [2.24, 2.45) is 10.7 Å². The van der Waals surface area contributed by atoms with Gasteiger partial charge in [0, 0.05) is 6.42 Å². The van der Waals surface area contributed by atoms with Crippen LogP contribution in [0.4, 0.5) is 0 Å². The molecule has 0 atom stereocenters. The van der Waals surface area contributed by atoms with Crippen molar-refractivity contribution < 1.29 is 9.47 Å². The Balaban J connectivity index is 1.98. The lowest BCUT2D eigenvalue weighted by Crippen LogP contribution is -2.20. The van der Waals surface area contributed by atoms with E-state index < -0.39 is 0 Å². The van der Waals surface area contributed by atoms with Gasteiger partial charge in [-0.05, 0) is 12.8 Å². The Hall–Kier alpha value is -2.04. The molecule has 0 aromatic rings. The third-order valence-electron chi connectivity index (χ3n) is 2.42. The number of ether oxygens (including phenoxy) is 2. The molecular formula is C12H15N3O2. The summed E-state index contributed by atoms with van der Waals surface area (Å²) in [6.45, 7) is 0.224. The third kappa shape index (κ3) is 3.48. The molecule has 5 nitrogen and oxygen atoms in total. The lowest BCUT2D eigenvalue weighted by atomic mass is 10.0. The Morgan fingerprint density at radius 2 is 2.41 bits per heavy atom. The molecule has 0 unspecified atom stereocenters. The molecule has 2 aliphatic rings. The van der Waals surface area contributed by atoms with Crippen LogP contribution < -0.4 is 5.73 Å². The monoisotopic (exact) mass is 233 g/mol. The van der Waals surface area contributed by atoms with Gasteiger partial charge in [0.1, 0.15) is 12.0 Å². The molecule has 3 N–H and O–H groups in total. The maximum atomic E-state index is 7.06. The van der Waals surface area contributed by atoms with Gasteiger partial charge in [-0.3, -0.25) is 5.41 Å². The zero-order valence-corrected chi connectivity index (χ0v) is 9.48. The summed E-state index contributed by atoms with van der Waals surface area (Å²) in [5, 5.41) is 7.06. The van der Waals surface area contributed by atoms with Gasteiger partial charge < -0.3 is 15.2 Å². The summed E-state index contributed by atoms with van der Waals surface area (Å²) in [6, 6.07) is 0. The fourth-order valence-corrected chi connectivity index (χ4v) is 1.70. The van der Waals surface area contributed by atoms with Crippen LogP contribution in [-0.2, 0) is 9.47 Å². The van der Waals surface area contributed by atoms with E-state index in [1.165, 1.54) is 5.57 Å². The molecule has 0 amide bonds. The van der Waals surface area contributed by atoms with Crippen molar-refractivity contribution in [3.63, 3.8) is 0 Å². The number of hydrogen-bond acceptors (Lipinski definition) is 3. The van der Waals surface area contributed by atoms with Gasteiger partial charge in [0.15, 0.2) is 6.61 Å². The zero-order chi connectivity index (χ0) is 12.1. The topological polar surface area (TPSA) is 80.7 Å². The summed E-state index contributed by atoms with van der Waals surface area (Å²) < 4.78 is 10.7. The van der Waals surface area contributed by atoms with Crippen molar-refractivity contribution in [3.05, 3.63) is 35.8 Å². The summed E-state index contributed by atoms with van der Waals surface area (Å²) in [6.07, 6.45) is 10.7. The second kappa shape index (κ2) is 5.34. The molecule has 90 valence electrons. The van der Waals surface area contributed by atoms with Gasteiger partial charge in [-0.15, -0.1) is 0 Å². The molecule has 0 aromatic heterocycles. The molecule has 0 radical (unpaired) electrons. The van der Waals surface area contributed by atoms with E-state index in [9.17, 15) is 0 Å². The molecule has 0 aromatic carbocycles. The van der Waals surface area contributed by atoms with Crippen LogP contribution in [0.2, 0.25) is 0 Å². The molecule has 1 aliphatic heterocycles. The fourth-order valence-electron chi connectivity index (χ4n) is 1.70. The van der Waals surface area contributed by atoms with E-state index in [1.54, 1.807) is 6.26 Å². The highest BCUT2D eigenvalue weighted by molar-refractivity contribution is 5.92. The van der Waals surface area contributed by atoms with E-state index in [1.807, 2.05) is 6.08 Å². The smallest absolute Gasteiger partial charge is 0.235 e. The lowest BCUT2D eigenvalue weighted by molar-refractivity contribution is 0.211. The summed E-state index contributed by atoms with van der Waals surface area (Å²) in [4.78, 5) is 3.74. The number of aliphatic imine (C=N–C) groups is 1. The average molecular weight is 233 g/mol. The number of rotatable bonds is 2. The van der Waals surface area contributed by atoms with Gasteiger partial charge in [-0.25, -0.2) is 0 Å². The number of allylic oxidation sites excluding steroid dienone is 4. The molecule has 0 saturated heterocycles. The van der Waals surface area contributed by atoms with E-state index in [-0.39, 0.29) is 12.6 Å². The molecule has 5 heteroatoms. The van der Waals surface area contributed by atoms with Crippen LogP contribution in [0.3, 0.4) is 0 Å². The molecule has 2 rings (SSSR count). The standard InChI is InChI=1S/C12H15N3O2/c13-12(14)15-11-8-16-7-10(17-11)6-9-4-2-1-3-5-9/h1-2,4,7H,3,5-6,8H2,(H3,13,14). The second-order valence-corrected chi connectivity index (χ2v) is 3.86. The fraction of sp³-hybridized carbons (Fsp3) is 0.333. The second-order valence-electron chi connectivity index (χ2n) is 3.86. The summed E-state index contributed by atoms with van der Waals surface area (Å²) in [5.74, 6) is 0.768. The summed E-state index contributed by atoms with van der Waals surface area (Å²) in [7, 11) is 0. The Morgan fingerprint density at radius 1 is 1.53 bits per heavy atom. The quantitative estimate of drug-likeness (QED) is 0.564. The van der Waals surface area contributed by atoms with Crippen molar-refractivity contribution >= 4 is 11.9 Å². The normalized spacial score (nSPS) is 21.3. The first-order valence-corrected chi connectivity index (χ1v) is 5.48. The first-order valence-electron chi connectivity index (χ1n) is 5.48. The minimum absolute atomic E-state index is 0.224. The molecule has 0 bridgehead atoms. The van der Waals surface area contributed by atoms with Crippen molar-refractivity contribution in [3.8, 4) is 0 Å². The van der Waals surface area contributed by atoms with E-state index >= 15 is 0 Å². The molecule has 0 saturated carbocycles. The van der Waals surface area contributed by atoms with Crippen LogP contribution in [-0.4, -0.2) is 18.5 Å². The Bertz CT molecular complexity index is 433. The highest BCUT2D eigenvalue weighted by Gasteiger charge is 2.14. The number of nitrogens with two attached hydrogens (primary N) is 1. The van der Waals surface area contributed by atoms with E-state index in [0.29, 0.717) is 18.1 Å². The Labute approximate surface area is 99.8 Å². The van der Waals surface area contributed by atoms with Gasteiger partial charge >= 0.3 is 0 Å². The zero-order valence-electron chi connectivity index (χ0n) is 9.48. The van der Waals surface area contributed by atoms with Crippen molar-refractivity contribution in [1.29, 1.82) is 5.41 Å². The SMILES string of the molecule is N=C(N)N=C1COC=C(CC2=CC=CCC2)O1. The predicted molar refractivity (Wildman–Crippen MR) is 65.5 cm³/mol. The average Bonchev–Trinajstić information content (AvgIpc) is 2.30. The molecular weight excluding hydrogens is 218 g/mol. The molecule has 0 spiro atoms. The number of guanidine groups is 1. The third-order valence-corrected chi connectivity index (χ3v) is 2.42. The van der Waals surface area contributed by atoms with Crippen LogP contribution in [0, 0.1) is 5.41 Å². The van der Waals surface area contributed by atoms with Crippen molar-refractivity contribution in [1.82, 2.24) is 0 Å². The number of hydrogen-bond donors (Lipinski definition) is 2. The highest BCUT2D eigenvalue weighted by Crippen LogP contribution is 2.22. The molecule has 17 heavy (non-hydrogen) atoms. The Morgan fingerprint density at radius 3 is 3.12 bits per heavy atom. The number of nitrogens with one attached hydrogen (secondary N) is 1. The first kappa shape index (κ1) is 11.4. The minimum Gasteiger partial charge on any atom is -0.488 e.